The molecule has 3 aromatic rings. The molecule has 3 rings (SSSR count). The summed E-state index contributed by atoms with van der Waals surface area (Å²) in [5.74, 6) is 0. The second-order valence-corrected chi connectivity index (χ2v) is 7.49. The second-order valence-electron chi connectivity index (χ2n) is 7.09. The van der Waals surface area contributed by atoms with Gasteiger partial charge in [0, 0.05) is 5.69 Å². The maximum Gasteiger partial charge on any atom is 0.175 e. The van der Waals surface area contributed by atoms with Gasteiger partial charge in [-0.1, -0.05) is 42.0 Å². The van der Waals surface area contributed by atoms with E-state index < -0.39 is 0 Å². The number of aromatic nitrogens is 2. The molecule has 140 valence electrons. The molecule has 0 atom stereocenters. The highest BCUT2D eigenvalue weighted by molar-refractivity contribution is 7.80. The van der Waals surface area contributed by atoms with Gasteiger partial charge in [0.1, 0.15) is 0 Å². The molecule has 0 aliphatic carbocycles. The molecule has 1 aromatic heterocycles. The monoisotopic (exact) mass is 378 g/mol. The van der Waals surface area contributed by atoms with Gasteiger partial charge in [0.2, 0.25) is 0 Å². The van der Waals surface area contributed by atoms with Gasteiger partial charge in [-0.3, -0.25) is 4.68 Å². The topological polar surface area (TPSA) is 41.9 Å². The van der Waals surface area contributed by atoms with E-state index in [1.807, 2.05) is 11.6 Å². The van der Waals surface area contributed by atoms with Crippen molar-refractivity contribution in [2.24, 2.45) is 0 Å². The molecule has 4 nitrogen and oxygen atoms in total. The van der Waals surface area contributed by atoms with Crippen LogP contribution in [0.3, 0.4) is 0 Å². The number of rotatable bonds is 4. The van der Waals surface area contributed by atoms with Crippen LogP contribution < -0.4 is 10.6 Å². The lowest BCUT2D eigenvalue weighted by atomic mass is 10.1. The number of nitrogens with zero attached hydrogens (tertiary/aromatic N) is 2. The largest absolute Gasteiger partial charge is 0.332 e. The van der Waals surface area contributed by atoms with Gasteiger partial charge in [0.15, 0.2) is 5.11 Å². The zero-order chi connectivity index (χ0) is 19.6. The molecule has 0 spiro atoms. The van der Waals surface area contributed by atoms with Crippen molar-refractivity contribution in [1.82, 2.24) is 9.78 Å². The quantitative estimate of drug-likeness (QED) is 0.606. The number of thiocarbonyl (C=S) groups is 1. The fourth-order valence-electron chi connectivity index (χ4n) is 3.04. The highest BCUT2D eigenvalue weighted by Gasteiger charge is 2.13. The summed E-state index contributed by atoms with van der Waals surface area (Å²) in [5, 5.41) is 11.9. The summed E-state index contributed by atoms with van der Waals surface area (Å²) in [7, 11) is 0. The molecule has 0 amide bonds. The Balaban J connectivity index is 1.75. The van der Waals surface area contributed by atoms with Crippen LogP contribution in [0.25, 0.3) is 0 Å². The van der Waals surface area contributed by atoms with Crippen LogP contribution in [0.15, 0.2) is 42.5 Å². The van der Waals surface area contributed by atoms with Gasteiger partial charge in [0.25, 0.3) is 0 Å². The Kier molecular flexibility index (Phi) is 5.61. The second kappa shape index (κ2) is 7.92. The molecule has 5 heteroatoms. The molecule has 1 heterocycles. The molecule has 2 N–H and O–H groups in total. The average Bonchev–Trinajstić information content (AvgIpc) is 2.87. The molecule has 0 fully saturated rings. The zero-order valence-corrected chi connectivity index (χ0v) is 17.4. The predicted octanol–water partition coefficient (Wildman–Crippen LogP) is 5.28. The van der Waals surface area contributed by atoms with Gasteiger partial charge in [-0.2, -0.15) is 5.10 Å². The van der Waals surface area contributed by atoms with Crippen LogP contribution in [0.2, 0.25) is 0 Å². The van der Waals surface area contributed by atoms with Crippen molar-refractivity contribution in [3.63, 3.8) is 0 Å². The first kappa shape index (κ1) is 19.1. The molecule has 0 bridgehead atoms. The molecule has 2 aromatic carbocycles. The van der Waals surface area contributed by atoms with Crippen LogP contribution in [0.5, 0.6) is 0 Å². The van der Waals surface area contributed by atoms with Crippen molar-refractivity contribution in [2.45, 2.75) is 41.2 Å². The van der Waals surface area contributed by atoms with Crippen molar-refractivity contribution in [3.05, 3.63) is 76.1 Å². The van der Waals surface area contributed by atoms with Crippen molar-refractivity contribution < 1.29 is 0 Å². The number of nitrogens with one attached hydrogen (secondary N) is 2. The van der Waals surface area contributed by atoms with E-state index in [2.05, 4.69) is 85.9 Å². The highest BCUT2D eigenvalue weighted by Crippen LogP contribution is 2.22. The van der Waals surface area contributed by atoms with Gasteiger partial charge in [-0.25, -0.2) is 0 Å². The van der Waals surface area contributed by atoms with Crippen LogP contribution in [-0.2, 0) is 6.54 Å². The van der Waals surface area contributed by atoms with Gasteiger partial charge >= 0.3 is 0 Å². The molecule has 0 aliphatic heterocycles. The van der Waals surface area contributed by atoms with Crippen LogP contribution in [0, 0.1) is 34.6 Å². The maximum atomic E-state index is 5.53. The zero-order valence-electron chi connectivity index (χ0n) is 16.6. The van der Waals surface area contributed by atoms with Gasteiger partial charge in [-0.15, -0.1) is 0 Å². The summed E-state index contributed by atoms with van der Waals surface area (Å²) < 4.78 is 2.02. The lowest BCUT2D eigenvalue weighted by molar-refractivity contribution is 0.659. The summed E-state index contributed by atoms with van der Waals surface area (Å²) in [6, 6.07) is 14.8. The minimum absolute atomic E-state index is 0.574. The Labute approximate surface area is 166 Å². The third kappa shape index (κ3) is 4.55. The molecule has 0 aliphatic rings. The van der Waals surface area contributed by atoms with Crippen molar-refractivity contribution >= 4 is 28.7 Å². The summed E-state index contributed by atoms with van der Waals surface area (Å²) in [6.07, 6.45) is 0. The first-order chi connectivity index (χ1) is 12.8. The molecule has 0 radical (unpaired) electrons. The standard InChI is InChI=1S/C22H26N4S/c1-14-7-10-19(11-8-14)13-26-18(5)21(17(4)25-26)24-22(27)23-20-12-15(2)6-9-16(20)3/h6-12H,13H2,1-5H3,(H2,23,24,27). The molecule has 0 unspecified atom stereocenters. The third-order valence-corrected chi connectivity index (χ3v) is 4.92. The minimum Gasteiger partial charge on any atom is -0.332 e. The van der Waals surface area contributed by atoms with Crippen molar-refractivity contribution in [1.29, 1.82) is 0 Å². The SMILES string of the molecule is Cc1ccc(Cn2nc(C)c(NC(=S)Nc3cc(C)ccc3C)c2C)cc1. The summed E-state index contributed by atoms with van der Waals surface area (Å²) in [6.45, 7) is 11.0. The normalized spacial score (nSPS) is 10.7. The van der Waals surface area contributed by atoms with Crippen LogP contribution in [-0.4, -0.2) is 14.9 Å². The lowest BCUT2D eigenvalue weighted by Crippen LogP contribution is -2.20. The fraction of sp³-hybridized carbons (Fsp3) is 0.273. The van der Waals surface area contributed by atoms with Gasteiger partial charge in [0.05, 0.1) is 23.6 Å². The third-order valence-electron chi connectivity index (χ3n) is 4.71. The predicted molar refractivity (Wildman–Crippen MR) is 118 cm³/mol. The van der Waals surface area contributed by atoms with E-state index in [1.54, 1.807) is 0 Å². The van der Waals surface area contributed by atoms with Gasteiger partial charge < -0.3 is 10.6 Å². The van der Waals surface area contributed by atoms with E-state index in [0.717, 1.165) is 34.9 Å². The van der Waals surface area contributed by atoms with Crippen molar-refractivity contribution in [3.8, 4) is 0 Å². The first-order valence-corrected chi connectivity index (χ1v) is 9.49. The van der Waals surface area contributed by atoms with E-state index >= 15 is 0 Å². The number of benzene rings is 2. The molecule has 0 saturated heterocycles. The Morgan fingerprint density at radius 1 is 0.926 bits per heavy atom. The summed E-state index contributed by atoms with van der Waals surface area (Å²) in [5.41, 5.74) is 8.84. The number of hydrogen-bond donors (Lipinski definition) is 2. The summed E-state index contributed by atoms with van der Waals surface area (Å²) >= 11 is 5.53. The Bertz CT molecular complexity index is 971. The smallest absolute Gasteiger partial charge is 0.175 e. The van der Waals surface area contributed by atoms with Crippen LogP contribution >= 0.6 is 12.2 Å². The molecular weight excluding hydrogens is 352 g/mol. The molecule has 27 heavy (non-hydrogen) atoms. The fourth-order valence-corrected chi connectivity index (χ4v) is 3.25. The average molecular weight is 379 g/mol. The molecular formula is C22H26N4S. The van der Waals surface area contributed by atoms with E-state index in [0.29, 0.717) is 5.11 Å². The Hall–Kier alpha value is -2.66. The maximum absolute atomic E-state index is 5.53. The Morgan fingerprint density at radius 3 is 2.30 bits per heavy atom. The van der Waals surface area contributed by atoms with Gasteiger partial charge in [-0.05, 0) is 69.6 Å². The number of aryl methyl sites for hydroxylation is 4. The minimum atomic E-state index is 0.574. The van der Waals surface area contributed by atoms with E-state index in [1.165, 1.54) is 16.7 Å². The van der Waals surface area contributed by atoms with E-state index in [4.69, 9.17) is 12.2 Å². The van der Waals surface area contributed by atoms with E-state index in [-0.39, 0.29) is 0 Å². The van der Waals surface area contributed by atoms with Crippen molar-refractivity contribution in [2.75, 3.05) is 10.6 Å². The van der Waals surface area contributed by atoms with Crippen LogP contribution in [0.4, 0.5) is 11.4 Å². The highest BCUT2D eigenvalue weighted by atomic mass is 32.1. The van der Waals surface area contributed by atoms with Crippen LogP contribution in [0.1, 0.15) is 33.6 Å². The Morgan fingerprint density at radius 2 is 1.59 bits per heavy atom. The first-order valence-electron chi connectivity index (χ1n) is 9.08. The lowest BCUT2D eigenvalue weighted by Gasteiger charge is -2.13. The number of anilines is 2. The summed E-state index contributed by atoms with van der Waals surface area (Å²) in [4.78, 5) is 0. The van der Waals surface area contributed by atoms with E-state index in [9.17, 15) is 0 Å². The molecule has 0 saturated carbocycles. The number of hydrogen-bond acceptors (Lipinski definition) is 2.